The third kappa shape index (κ3) is 3.02. The molecule has 1 unspecified atom stereocenters. The molecule has 0 amide bonds. The summed E-state index contributed by atoms with van der Waals surface area (Å²) in [5, 5.41) is 0. The van der Waals surface area contributed by atoms with Crippen LogP contribution in [0, 0.1) is 6.92 Å². The Bertz CT molecular complexity index is 992. The fraction of sp³-hybridized carbons (Fsp3) is 0.478. The minimum absolute atomic E-state index is 0.400. The molecular weight excluding hydrogens is 351 g/mol. The fourth-order valence-electron chi connectivity index (χ4n) is 4.99. The van der Waals surface area contributed by atoms with E-state index in [4.69, 9.17) is 9.97 Å². The van der Waals surface area contributed by atoms with E-state index in [0.29, 0.717) is 6.04 Å². The number of rotatable bonds is 4. The van der Waals surface area contributed by atoms with Crippen molar-refractivity contribution in [3.05, 3.63) is 58.5 Å². The lowest BCUT2D eigenvalue weighted by molar-refractivity contribution is 0.138. The first-order chi connectivity index (χ1) is 13.7. The van der Waals surface area contributed by atoms with Crippen molar-refractivity contribution in [2.24, 2.45) is 0 Å². The van der Waals surface area contributed by atoms with E-state index >= 15 is 0 Å². The van der Waals surface area contributed by atoms with Gasteiger partial charge in [0.25, 0.3) is 0 Å². The molecular formula is C23H27FN4. The van der Waals surface area contributed by atoms with Crippen molar-refractivity contribution in [3.8, 4) is 0 Å². The maximum atomic E-state index is 12.8. The number of benzene rings is 1. The molecule has 0 bridgehead atoms. The highest BCUT2D eigenvalue weighted by atomic mass is 19.1. The topological polar surface area (TPSA) is 34.0 Å². The van der Waals surface area contributed by atoms with Crippen molar-refractivity contribution in [2.75, 3.05) is 13.1 Å². The summed E-state index contributed by atoms with van der Waals surface area (Å²) in [4.78, 5) is 12.4. The molecule has 0 saturated carbocycles. The smallest absolute Gasteiger partial charge is 0.159 e. The van der Waals surface area contributed by atoms with Crippen LogP contribution >= 0.6 is 0 Å². The van der Waals surface area contributed by atoms with E-state index in [1.165, 1.54) is 42.6 Å². The van der Waals surface area contributed by atoms with E-state index in [1.807, 2.05) is 37.4 Å². The third-order valence-electron chi connectivity index (χ3n) is 6.41. The molecule has 2 aliphatic heterocycles. The molecule has 5 rings (SSSR count). The second-order valence-corrected chi connectivity index (χ2v) is 8.19. The number of hydrogen-bond acceptors (Lipinski definition) is 3. The average molecular weight is 378 g/mol. The van der Waals surface area contributed by atoms with Gasteiger partial charge in [0.05, 0.1) is 11.9 Å². The lowest BCUT2D eigenvalue weighted by Crippen LogP contribution is -2.39. The Morgan fingerprint density at radius 2 is 1.93 bits per heavy atom. The van der Waals surface area contributed by atoms with E-state index in [-0.39, 0.29) is 0 Å². The number of halogens is 1. The number of piperidine rings is 1. The zero-order chi connectivity index (χ0) is 19.1. The number of nitrogens with zero attached hydrogens (tertiary/aromatic N) is 4. The molecule has 0 radical (unpaired) electrons. The average Bonchev–Trinajstić information content (AvgIpc) is 3.05. The Hall–Kier alpha value is -2.27. The zero-order valence-corrected chi connectivity index (χ0v) is 16.5. The van der Waals surface area contributed by atoms with Crippen LogP contribution in [0.15, 0.2) is 30.5 Å². The lowest BCUT2D eigenvalue weighted by Gasteiger charge is -2.39. The van der Waals surface area contributed by atoms with Gasteiger partial charge < -0.3 is 4.57 Å². The number of hydrogen-bond donors (Lipinski definition) is 0. The van der Waals surface area contributed by atoms with Crippen LogP contribution in [0.1, 0.15) is 53.4 Å². The molecule has 1 atom stereocenters. The predicted octanol–water partition coefficient (Wildman–Crippen LogP) is 4.54. The highest BCUT2D eigenvalue weighted by molar-refractivity contribution is 5.79. The first kappa shape index (κ1) is 17.8. The van der Waals surface area contributed by atoms with Gasteiger partial charge in [-0.3, -0.25) is 4.90 Å². The van der Waals surface area contributed by atoms with Crippen LogP contribution in [-0.4, -0.2) is 32.5 Å². The first-order valence-corrected chi connectivity index (χ1v) is 10.5. The van der Waals surface area contributed by atoms with Gasteiger partial charge >= 0.3 is 0 Å². The summed E-state index contributed by atoms with van der Waals surface area (Å²) in [7, 11) is 0. The van der Waals surface area contributed by atoms with Crippen LogP contribution in [0.3, 0.4) is 0 Å². The van der Waals surface area contributed by atoms with Crippen molar-refractivity contribution in [1.29, 1.82) is 0 Å². The summed E-state index contributed by atoms with van der Waals surface area (Å²) < 4.78 is 15.2. The minimum Gasteiger partial charge on any atom is -0.328 e. The number of alkyl halides is 1. The molecule has 3 aromatic rings. The summed E-state index contributed by atoms with van der Waals surface area (Å²) in [6.07, 6.45) is 7.72. The quantitative estimate of drug-likeness (QED) is 0.669. The van der Waals surface area contributed by atoms with Gasteiger partial charge in [-0.05, 0) is 43.9 Å². The van der Waals surface area contributed by atoms with Crippen LogP contribution in [0.4, 0.5) is 4.39 Å². The van der Waals surface area contributed by atoms with E-state index in [2.05, 4.69) is 9.47 Å². The van der Waals surface area contributed by atoms with E-state index in [9.17, 15) is 4.39 Å². The van der Waals surface area contributed by atoms with Gasteiger partial charge in [0, 0.05) is 36.8 Å². The molecule has 28 heavy (non-hydrogen) atoms. The number of fused-ring (bicyclic) bond motifs is 5. The predicted molar refractivity (Wildman–Crippen MR) is 109 cm³/mol. The fourth-order valence-corrected chi connectivity index (χ4v) is 4.99. The Morgan fingerprint density at radius 3 is 2.75 bits per heavy atom. The van der Waals surface area contributed by atoms with Crippen molar-refractivity contribution in [1.82, 2.24) is 19.4 Å². The Kier molecular flexibility index (Phi) is 4.63. The molecule has 4 heterocycles. The summed E-state index contributed by atoms with van der Waals surface area (Å²) in [5.74, 6) is 0. The van der Waals surface area contributed by atoms with Crippen LogP contribution in [0.5, 0.6) is 0 Å². The number of aromatic nitrogens is 3. The third-order valence-corrected chi connectivity index (χ3v) is 6.41. The second kappa shape index (κ2) is 7.28. The Labute approximate surface area is 165 Å². The molecule has 1 aromatic carbocycles. The summed E-state index contributed by atoms with van der Waals surface area (Å²) in [6.45, 7) is 4.87. The monoisotopic (exact) mass is 378 g/mol. The summed E-state index contributed by atoms with van der Waals surface area (Å²) in [6, 6.07) is 8.38. The summed E-state index contributed by atoms with van der Waals surface area (Å²) >= 11 is 0. The molecule has 0 aliphatic carbocycles. The molecule has 2 aromatic heterocycles. The second-order valence-electron chi connectivity index (χ2n) is 8.19. The highest BCUT2D eigenvalue weighted by Gasteiger charge is 2.34. The van der Waals surface area contributed by atoms with Gasteiger partial charge in [-0.1, -0.05) is 30.7 Å². The molecule has 0 N–H and O–H groups in total. The number of aryl methyl sites for hydroxylation is 3. The van der Waals surface area contributed by atoms with Crippen LogP contribution in [0.25, 0.3) is 11.2 Å². The van der Waals surface area contributed by atoms with Crippen LogP contribution < -0.4 is 0 Å². The van der Waals surface area contributed by atoms with Crippen molar-refractivity contribution in [3.63, 3.8) is 0 Å². The maximum Gasteiger partial charge on any atom is 0.159 e. The molecule has 0 spiro atoms. The Balaban J connectivity index is 1.53. The van der Waals surface area contributed by atoms with Crippen molar-refractivity contribution >= 4 is 11.2 Å². The zero-order valence-electron chi connectivity index (χ0n) is 16.5. The van der Waals surface area contributed by atoms with E-state index in [1.54, 1.807) is 0 Å². The van der Waals surface area contributed by atoms with Crippen LogP contribution in [-0.2, 0) is 26.1 Å². The largest absolute Gasteiger partial charge is 0.328 e. The SMILES string of the molecule is Cc1cnc2c(n1)c1c(n2CCc2ccc(CF)cc2)CCN2CCCCC12. The van der Waals surface area contributed by atoms with Gasteiger partial charge in [0.2, 0.25) is 0 Å². The van der Waals surface area contributed by atoms with Gasteiger partial charge in [0.1, 0.15) is 12.2 Å². The van der Waals surface area contributed by atoms with Gasteiger partial charge in [-0.2, -0.15) is 0 Å². The molecule has 1 saturated heterocycles. The van der Waals surface area contributed by atoms with Gasteiger partial charge in [-0.25, -0.2) is 14.4 Å². The lowest BCUT2D eigenvalue weighted by atomic mass is 9.90. The molecule has 2 aliphatic rings. The Morgan fingerprint density at radius 1 is 1.11 bits per heavy atom. The molecule has 1 fully saturated rings. The van der Waals surface area contributed by atoms with Crippen LogP contribution in [0.2, 0.25) is 0 Å². The van der Waals surface area contributed by atoms with Gasteiger partial charge in [0.15, 0.2) is 5.65 Å². The normalized spacial score (nSPS) is 19.6. The van der Waals surface area contributed by atoms with Crippen molar-refractivity contribution < 1.29 is 4.39 Å². The molecule has 4 nitrogen and oxygen atoms in total. The van der Waals surface area contributed by atoms with E-state index < -0.39 is 6.67 Å². The highest BCUT2D eigenvalue weighted by Crippen LogP contribution is 2.41. The maximum absolute atomic E-state index is 12.8. The van der Waals surface area contributed by atoms with Crippen molar-refractivity contribution in [2.45, 2.75) is 58.3 Å². The first-order valence-electron chi connectivity index (χ1n) is 10.5. The summed E-state index contributed by atoms with van der Waals surface area (Å²) in [5.41, 5.74) is 7.98. The minimum atomic E-state index is -0.400. The van der Waals surface area contributed by atoms with E-state index in [0.717, 1.165) is 48.4 Å². The standard InChI is InChI=1S/C23H27FN4/c1-16-15-25-23-22(26-16)21-19-4-2-3-11-27(19)12-10-20(21)28(23)13-9-17-5-7-18(14-24)8-6-17/h5-8,15,19H,2-4,9-14H2,1H3. The molecule has 146 valence electrons. The molecule has 5 heteroatoms. The van der Waals surface area contributed by atoms with Gasteiger partial charge in [-0.15, -0.1) is 0 Å².